The Kier molecular flexibility index (Phi) is 6.68. The maximum atomic E-state index is 11.8. The highest BCUT2D eigenvalue weighted by atomic mass is 16.6. The Labute approximate surface area is 119 Å². The number of carbonyl (C=O) groups is 3. The van der Waals surface area contributed by atoms with Crippen molar-refractivity contribution in [2.75, 3.05) is 0 Å². The van der Waals surface area contributed by atoms with Crippen LogP contribution in [0.25, 0.3) is 0 Å². The fraction of sp³-hybridized carbons (Fsp3) is 0.786. The van der Waals surface area contributed by atoms with Crippen molar-refractivity contribution in [1.29, 1.82) is 0 Å². The summed E-state index contributed by atoms with van der Waals surface area (Å²) >= 11 is 0. The molecule has 0 fully saturated rings. The summed E-state index contributed by atoms with van der Waals surface area (Å²) in [5.41, 5.74) is -1.28. The summed E-state index contributed by atoms with van der Waals surface area (Å²) in [6.07, 6.45) is -1.10. The minimum Gasteiger partial charge on any atom is -0.460 e. The highest BCUT2D eigenvalue weighted by Crippen LogP contribution is 2.14. The largest absolute Gasteiger partial charge is 0.460 e. The molecule has 0 amide bonds. The van der Waals surface area contributed by atoms with Gasteiger partial charge in [-0.25, -0.2) is 4.79 Å². The van der Waals surface area contributed by atoms with Crippen molar-refractivity contribution < 1.29 is 28.6 Å². The van der Waals surface area contributed by atoms with Crippen molar-refractivity contribution in [3.8, 4) is 0 Å². The molecular formula is C14H24O6. The van der Waals surface area contributed by atoms with E-state index in [9.17, 15) is 14.4 Å². The first-order chi connectivity index (χ1) is 8.94. The molecule has 20 heavy (non-hydrogen) atoms. The molecule has 0 aliphatic carbocycles. The molecule has 0 spiro atoms. The van der Waals surface area contributed by atoms with Crippen molar-refractivity contribution in [2.24, 2.45) is 0 Å². The van der Waals surface area contributed by atoms with Gasteiger partial charge in [0.15, 0.2) is 6.10 Å². The second-order valence-corrected chi connectivity index (χ2v) is 6.38. The average molecular weight is 288 g/mol. The molecule has 1 unspecified atom stereocenters. The van der Waals surface area contributed by atoms with Crippen LogP contribution in [0.5, 0.6) is 0 Å². The summed E-state index contributed by atoms with van der Waals surface area (Å²) in [6.45, 7) is 10.5. The number of rotatable bonds is 6. The fourth-order valence-corrected chi connectivity index (χ4v) is 1.32. The quantitative estimate of drug-likeness (QED) is 0.422. The van der Waals surface area contributed by atoms with Gasteiger partial charge in [-0.05, 0) is 41.5 Å². The number of ether oxygens (including phenoxy) is 3. The molecule has 0 saturated heterocycles. The molecule has 6 nitrogen and oxygen atoms in total. The lowest BCUT2D eigenvalue weighted by molar-refractivity contribution is -0.172. The Balaban J connectivity index is 4.45. The first-order valence-electron chi connectivity index (χ1n) is 6.48. The molecule has 116 valence electrons. The molecule has 0 aromatic heterocycles. The van der Waals surface area contributed by atoms with Crippen LogP contribution in [0.2, 0.25) is 0 Å². The smallest absolute Gasteiger partial charge is 0.347 e. The standard InChI is InChI=1S/C14H24O6/c1-13(2,3)19-11(16)8-7-10(18-9-15)12(17)20-14(4,5)6/h9-10H,7-8H2,1-6H3. The van der Waals surface area contributed by atoms with Crippen molar-refractivity contribution in [1.82, 2.24) is 0 Å². The monoisotopic (exact) mass is 288 g/mol. The first-order valence-corrected chi connectivity index (χ1v) is 6.48. The lowest BCUT2D eigenvalue weighted by Crippen LogP contribution is -2.34. The van der Waals surface area contributed by atoms with Gasteiger partial charge in [-0.1, -0.05) is 0 Å². The second kappa shape index (κ2) is 7.26. The Bertz CT molecular complexity index is 348. The zero-order valence-electron chi connectivity index (χ0n) is 13.0. The van der Waals surface area contributed by atoms with E-state index in [2.05, 4.69) is 4.74 Å². The van der Waals surface area contributed by atoms with Crippen LogP contribution < -0.4 is 0 Å². The Morgan fingerprint density at radius 3 is 1.90 bits per heavy atom. The average Bonchev–Trinajstić information content (AvgIpc) is 2.18. The highest BCUT2D eigenvalue weighted by molar-refractivity contribution is 5.77. The Hall–Kier alpha value is -1.59. The van der Waals surface area contributed by atoms with Gasteiger partial charge in [0, 0.05) is 12.8 Å². The Morgan fingerprint density at radius 2 is 1.50 bits per heavy atom. The summed E-state index contributed by atoms with van der Waals surface area (Å²) < 4.78 is 14.9. The van der Waals surface area contributed by atoms with E-state index in [1.54, 1.807) is 41.5 Å². The lowest BCUT2D eigenvalue weighted by Gasteiger charge is -2.23. The van der Waals surface area contributed by atoms with Gasteiger partial charge in [0.1, 0.15) is 11.2 Å². The molecule has 6 heteroatoms. The van der Waals surface area contributed by atoms with Crippen LogP contribution in [-0.4, -0.2) is 35.7 Å². The number of carbonyl (C=O) groups excluding carboxylic acids is 3. The lowest BCUT2D eigenvalue weighted by atomic mass is 10.1. The number of hydrogen-bond acceptors (Lipinski definition) is 6. The molecule has 0 saturated carbocycles. The van der Waals surface area contributed by atoms with Crippen LogP contribution >= 0.6 is 0 Å². The predicted molar refractivity (Wildman–Crippen MR) is 71.9 cm³/mol. The normalized spacial score (nSPS) is 13.3. The number of esters is 2. The summed E-state index contributed by atoms with van der Waals surface area (Å²) in [5.74, 6) is -1.13. The zero-order valence-corrected chi connectivity index (χ0v) is 13.0. The minimum atomic E-state index is -1.10. The van der Waals surface area contributed by atoms with Crippen LogP contribution in [0.15, 0.2) is 0 Å². The summed E-state index contributed by atoms with van der Waals surface area (Å²) in [7, 11) is 0. The zero-order chi connectivity index (χ0) is 16.0. The van der Waals surface area contributed by atoms with E-state index < -0.39 is 29.2 Å². The van der Waals surface area contributed by atoms with Crippen LogP contribution in [0, 0.1) is 0 Å². The molecular weight excluding hydrogens is 264 g/mol. The predicted octanol–water partition coefficient (Wildman–Crippen LogP) is 1.99. The van der Waals surface area contributed by atoms with E-state index in [0.717, 1.165) is 0 Å². The van der Waals surface area contributed by atoms with Crippen molar-refractivity contribution in [3.05, 3.63) is 0 Å². The van der Waals surface area contributed by atoms with Gasteiger partial charge in [0.2, 0.25) is 0 Å². The van der Waals surface area contributed by atoms with Gasteiger partial charge in [0.25, 0.3) is 6.47 Å². The molecule has 0 aromatic rings. The molecule has 0 N–H and O–H groups in total. The van der Waals surface area contributed by atoms with Gasteiger partial charge in [-0.3, -0.25) is 9.59 Å². The van der Waals surface area contributed by atoms with Gasteiger partial charge in [-0.15, -0.1) is 0 Å². The minimum absolute atomic E-state index is 0.0303. The molecule has 0 rings (SSSR count). The van der Waals surface area contributed by atoms with E-state index in [1.165, 1.54) is 0 Å². The highest BCUT2D eigenvalue weighted by Gasteiger charge is 2.28. The van der Waals surface area contributed by atoms with Crippen LogP contribution in [0.1, 0.15) is 54.4 Å². The SMILES string of the molecule is CC(C)(C)OC(=O)CCC(OC=O)C(=O)OC(C)(C)C. The topological polar surface area (TPSA) is 78.9 Å². The molecule has 0 radical (unpaired) electrons. The third-order valence-corrected chi connectivity index (χ3v) is 1.92. The van der Waals surface area contributed by atoms with Crippen molar-refractivity contribution in [3.63, 3.8) is 0 Å². The summed E-state index contributed by atoms with van der Waals surface area (Å²) in [6, 6.07) is 0. The molecule has 0 bridgehead atoms. The number of hydrogen-bond donors (Lipinski definition) is 0. The van der Waals surface area contributed by atoms with Crippen LogP contribution in [-0.2, 0) is 28.6 Å². The van der Waals surface area contributed by atoms with Crippen LogP contribution in [0.3, 0.4) is 0 Å². The van der Waals surface area contributed by atoms with Gasteiger partial charge < -0.3 is 14.2 Å². The summed E-state index contributed by atoms with van der Waals surface area (Å²) in [4.78, 5) is 33.8. The molecule has 0 aliphatic heterocycles. The van der Waals surface area contributed by atoms with Crippen molar-refractivity contribution in [2.45, 2.75) is 71.7 Å². The van der Waals surface area contributed by atoms with Gasteiger partial charge >= 0.3 is 11.9 Å². The van der Waals surface area contributed by atoms with E-state index in [1.807, 2.05) is 0 Å². The maximum absolute atomic E-state index is 11.8. The van der Waals surface area contributed by atoms with Gasteiger partial charge in [0.05, 0.1) is 0 Å². The molecule has 0 aromatic carbocycles. The molecule has 0 aliphatic rings. The van der Waals surface area contributed by atoms with E-state index in [0.29, 0.717) is 0 Å². The van der Waals surface area contributed by atoms with Gasteiger partial charge in [-0.2, -0.15) is 0 Å². The fourth-order valence-electron chi connectivity index (χ4n) is 1.32. The third-order valence-electron chi connectivity index (χ3n) is 1.92. The molecule has 1 atom stereocenters. The van der Waals surface area contributed by atoms with E-state index >= 15 is 0 Å². The second-order valence-electron chi connectivity index (χ2n) is 6.38. The van der Waals surface area contributed by atoms with Crippen LogP contribution in [0.4, 0.5) is 0 Å². The molecule has 0 heterocycles. The van der Waals surface area contributed by atoms with E-state index in [4.69, 9.17) is 9.47 Å². The van der Waals surface area contributed by atoms with E-state index in [-0.39, 0.29) is 19.3 Å². The summed E-state index contributed by atoms with van der Waals surface area (Å²) in [5, 5.41) is 0. The Morgan fingerprint density at radius 1 is 1.00 bits per heavy atom. The third kappa shape index (κ3) is 9.35. The first kappa shape index (κ1) is 18.4. The maximum Gasteiger partial charge on any atom is 0.347 e. The van der Waals surface area contributed by atoms with Crippen molar-refractivity contribution >= 4 is 18.4 Å².